The lowest BCUT2D eigenvalue weighted by Crippen LogP contribution is -2.46. The van der Waals surface area contributed by atoms with Crippen molar-refractivity contribution in [3.05, 3.63) is 0 Å². The van der Waals surface area contributed by atoms with Gasteiger partial charge in [-0.05, 0) is 12.8 Å². The predicted octanol–water partition coefficient (Wildman–Crippen LogP) is 0.541. The van der Waals surface area contributed by atoms with Gasteiger partial charge in [0.2, 0.25) is 0 Å². The minimum Gasteiger partial charge on any atom is -0.392 e. The second kappa shape index (κ2) is 7.17. The quantitative estimate of drug-likeness (QED) is 0.682. The molecule has 1 unspecified atom stereocenters. The summed E-state index contributed by atoms with van der Waals surface area (Å²) < 4.78 is 10.3. The number of hydrogen-bond donors (Lipinski definition) is 2. The Morgan fingerprint density at radius 2 is 2.07 bits per heavy atom. The van der Waals surface area contributed by atoms with Crippen molar-refractivity contribution in [2.75, 3.05) is 27.4 Å². The molecule has 1 rings (SSSR count). The van der Waals surface area contributed by atoms with Crippen LogP contribution in [-0.4, -0.2) is 50.7 Å². The third-order valence-electron chi connectivity index (χ3n) is 3.02. The van der Waals surface area contributed by atoms with E-state index in [9.17, 15) is 5.11 Å². The molecule has 90 valence electrons. The van der Waals surface area contributed by atoms with Crippen molar-refractivity contribution >= 4 is 0 Å². The van der Waals surface area contributed by atoms with Crippen LogP contribution in [0.5, 0.6) is 0 Å². The smallest absolute Gasteiger partial charge is 0.0928 e. The maximum Gasteiger partial charge on any atom is 0.0928 e. The van der Waals surface area contributed by atoms with E-state index in [0.717, 1.165) is 25.8 Å². The monoisotopic (exact) mass is 217 g/mol. The first-order valence-electron chi connectivity index (χ1n) is 5.71. The molecule has 0 aromatic carbocycles. The van der Waals surface area contributed by atoms with Gasteiger partial charge in [0, 0.05) is 26.8 Å². The van der Waals surface area contributed by atoms with Crippen LogP contribution in [0.3, 0.4) is 0 Å². The van der Waals surface area contributed by atoms with Gasteiger partial charge in [-0.2, -0.15) is 0 Å². The summed E-state index contributed by atoms with van der Waals surface area (Å²) in [6.07, 6.45) is 4.20. The van der Waals surface area contributed by atoms with Crippen molar-refractivity contribution in [2.45, 2.75) is 43.9 Å². The lowest BCUT2D eigenvalue weighted by molar-refractivity contribution is 0.0192. The maximum absolute atomic E-state index is 9.75. The van der Waals surface area contributed by atoms with Crippen LogP contribution in [0.15, 0.2) is 0 Å². The molecule has 1 saturated carbocycles. The van der Waals surface area contributed by atoms with E-state index in [2.05, 4.69) is 5.32 Å². The van der Waals surface area contributed by atoms with Gasteiger partial charge < -0.3 is 19.9 Å². The SMILES string of the molecule is COCC(CN[C@@H]1CCCC[C@H]1O)OC. The molecule has 0 aliphatic heterocycles. The van der Waals surface area contributed by atoms with Crippen molar-refractivity contribution in [1.29, 1.82) is 0 Å². The summed E-state index contributed by atoms with van der Waals surface area (Å²) in [5.74, 6) is 0. The van der Waals surface area contributed by atoms with E-state index in [1.54, 1.807) is 14.2 Å². The normalized spacial score (nSPS) is 29.0. The summed E-state index contributed by atoms with van der Waals surface area (Å²) in [6.45, 7) is 1.33. The average Bonchev–Trinajstić information content (AvgIpc) is 2.26. The third-order valence-corrected chi connectivity index (χ3v) is 3.02. The van der Waals surface area contributed by atoms with E-state index < -0.39 is 0 Å². The minimum absolute atomic E-state index is 0.0733. The lowest BCUT2D eigenvalue weighted by atomic mass is 9.92. The van der Waals surface area contributed by atoms with Crippen LogP contribution in [0.2, 0.25) is 0 Å². The predicted molar refractivity (Wildman–Crippen MR) is 58.9 cm³/mol. The van der Waals surface area contributed by atoms with Crippen LogP contribution in [0, 0.1) is 0 Å². The molecule has 1 aliphatic rings. The first-order valence-corrected chi connectivity index (χ1v) is 5.71. The van der Waals surface area contributed by atoms with Gasteiger partial charge in [0.1, 0.15) is 0 Å². The molecule has 1 fully saturated rings. The van der Waals surface area contributed by atoms with E-state index in [1.165, 1.54) is 6.42 Å². The van der Waals surface area contributed by atoms with Gasteiger partial charge in [-0.15, -0.1) is 0 Å². The largest absolute Gasteiger partial charge is 0.392 e. The van der Waals surface area contributed by atoms with Gasteiger partial charge >= 0.3 is 0 Å². The number of hydrogen-bond acceptors (Lipinski definition) is 4. The van der Waals surface area contributed by atoms with Crippen LogP contribution in [0.25, 0.3) is 0 Å². The fraction of sp³-hybridized carbons (Fsp3) is 1.00. The van der Waals surface area contributed by atoms with Crippen molar-refractivity contribution < 1.29 is 14.6 Å². The number of aliphatic hydroxyl groups excluding tert-OH is 1. The van der Waals surface area contributed by atoms with E-state index in [1.807, 2.05) is 0 Å². The molecule has 1 aliphatic carbocycles. The summed E-state index contributed by atoms with van der Waals surface area (Å²) in [5.41, 5.74) is 0. The molecule has 0 radical (unpaired) electrons. The Morgan fingerprint density at radius 1 is 1.33 bits per heavy atom. The first kappa shape index (κ1) is 12.9. The Balaban J connectivity index is 2.21. The van der Waals surface area contributed by atoms with E-state index in [4.69, 9.17) is 9.47 Å². The number of methoxy groups -OCH3 is 2. The fourth-order valence-corrected chi connectivity index (χ4v) is 2.03. The highest BCUT2D eigenvalue weighted by Gasteiger charge is 2.23. The van der Waals surface area contributed by atoms with Gasteiger partial charge in [0.15, 0.2) is 0 Å². The molecule has 0 spiro atoms. The Kier molecular flexibility index (Phi) is 6.17. The van der Waals surface area contributed by atoms with Crippen LogP contribution >= 0.6 is 0 Å². The Morgan fingerprint density at radius 3 is 2.67 bits per heavy atom. The Hall–Kier alpha value is -0.160. The summed E-state index contributed by atoms with van der Waals surface area (Å²) in [7, 11) is 3.35. The zero-order valence-corrected chi connectivity index (χ0v) is 9.74. The van der Waals surface area contributed by atoms with Crippen molar-refractivity contribution in [3.63, 3.8) is 0 Å². The molecule has 15 heavy (non-hydrogen) atoms. The minimum atomic E-state index is -0.196. The number of rotatable bonds is 6. The Labute approximate surface area is 92.0 Å². The van der Waals surface area contributed by atoms with Gasteiger partial charge in [-0.25, -0.2) is 0 Å². The molecule has 0 bridgehead atoms. The molecule has 0 aromatic rings. The van der Waals surface area contributed by atoms with Gasteiger partial charge in [-0.3, -0.25) is 0 Å². The molecule has 4 nitrogen and oxygen atoms in total. The molecule has 0 saturated heterocycles. The fourth-order valence-electron chi connectivity index (χ4n) is 2.03. The van der Waals surface area contributed by atoms with Crippen LogP contribution in [0.1, 0.15) is 25.7 Å². The van der Waals surface area contributed by atoms with E-state index in [-0.39, 0.29) is 18.2 Å². The van der Waals surface area contributed by atoms with Gasteiger partial charge in [0.25, 0.3) is 0 Å². The third kappa shape index (κ3) is 4.47. The highest BCUT2D eigenvalue weighted by Crippen LogP contribution is 2.18. The zero-order valence-electron chi connectivity index (χ0n) is 9.74. The number of ether oxygens (including phenoxy) is 2. The maximum atomic E-state index is 9.75. The van der Waals surface area contributed by atoms with Crippen LogP contribution in [0.4, 0.5) is 0 Å². The second-order valence-corrected chi connectivity index (χ2v) is 4.18. The first-order chi connectivity index (χ1) is 7.27. The topological polar surface area (TPSA) is 50.7 Å². The molecular formula is C11H23NO3. The lowest BCUT2D eigenvalue weighted by Gasteiger charge is -2.29. The molecule has 0 amide bonds. The number of aliphatic hydroxyl groups is 1. The van der Waals surface area contributed by atoms with E-state index >= 15 is 0 Å². The van der Waals surface area contributed by atoms with Crippen molar-refractivity contribution in [3.8, 4) is 0 Å². The molecule has 2 N–H and O–H groups in total. The highest BCUT2D eigenvalue weighted by molar-refractivity contribution is 4.81. The standard InChI is InChI=1S/C11H23NO3/c1-14-8-9(15-2)7-12-10-5-3-4-6-11(10)13/h9-13H,3-8H2,1-2H3/t9?,10-,11-/m1/s1. The van der Waals surface area contributed by atoms with E-state index in [0.29, 0.717) is 6.61 Å². The molecule has 4 heteroatoms. The second-order valence-electron chi connectivity index (χ2n) is 4.18. The molecular weight excluding hydrogens is 194 g/mol. The van der Waals surface area contributed by atoms with Crippen molar-refractivity contribution in [2.24, 2.45) is 0 Å². The zero-order chi connectivity index (χ0) is 11.1. The molecule has 3 atom stereocenters. The average molecular weight is 217 g/mol. The Bertz CT molecular complexity index is 166. The summed E-state index contributed by atoms with van der Waals surface area (Å²) >= 11 is 0. The molecule has 0 aromatic heterocycles. The van der Waals surface area contributed by atoms with Crippen LogP contribution < -0.4 is 5.32 Å². The van der Waals surface area contributed by atoms with Gasteiger partial charge in [0.05, 0.1) is 18.8 Å². The summed E-state index contributed by atoms with van der Waals surface area (Å²) in [5, 5.41) is 13.1. The van der Waals surface area contributed by atoms with Crippen molar-refractivity contribution in [1.82, 2.24) is 5.32 Å². The summed E-state index contributed by atoms with van der Waals surface area (Å²) in [6, 6.07) is 0.230. The highest BCUT2D eigenvalue weighted by atomic mass is 16.5. The summed E-state index contributed by atoms with van der Waals surface area (Å²) in [4.78, 5) is 0. The van der Waals surface area contributed by atoms with Crippen LogP contribution in [-0.2, 0) is 9.47 Å². The number of nitrogens with one attached hydrogen (secondary N) is 1. The van der Waals surface area contributed by atoms with Gasteiger partial charge in [-0.1, -0.05) is 12.8 Å². The molecule has 0 heterocycles.